The maximum atomic E-state index is 11.4. The second-order valence-electron chi connectivity index (χ2n) is 17.4. The van der Waals surface area contributed by atoms with Gasteiger partial charge in [-0.2, -0.15) is 0 Å². The van der Waals surface area contributed by atoms with Crippen molar-refractivity contribution in [3.8, 4) is 22.3 Å². The van der Waals surface area contributed by atoms with E-state index < -0.39 is 0 Å². The molecule has 2 N–H and O–H groups in total. The van der Waals surface area contributed by atoms with Crippen LogP contribution in [0.3, 0.4) is 0 Å². The molecule has 4 aromatic carbocycles. The Morgan fingerprint density at radius 1 is 0.458 bits per heavy atom. The molecule has 4 aromatic rings. The lowest BCUT2D eigenvalue weighted by Gasteiger charge is -2.48. The molecular weight excluding hydrogens is 585 g/mol. The van der Waals surface area contributed by atoms with Gasteiger partial charge in [-0.1, -0.05) is 110 Å². The molecule has 48 heavy (non-hydrogen) atoms. The van der Waals surface area contributed by atoms with Crippen molar-refractivity contribution >= 4 is 0 Å². The van der Waals surface area contributed by atoms with E-state index in [2.05, 4.69) is 97.1 Å². The van der Waals surface area contributed by atoms with Gasteiger partial charge in [0.1, 0.15) is 0 Å². The van der Waals surface area contributed by atoms with Gasteiger partial charge in [0.2, 0.25) is 0 Å². The van der Waals surface area contributed by atoms with Crippen molar-refractivity contribution in [2.75, 3.05) is 13.2 Å². The maximum Gasteiger partial charge on any atom is 0.0490 e. The molecule has 6 unspecified atom stereocenters. The van der Waals surface area contributed by atoms with Crippen molar-refractivity contribution in [1.82, 2.24) is 0 Å². The Hall–Kier alpha value is -3.20. The van der Waals surface area contributed by atoms with E-state index in [1.807, 2.05) is 0 Å². The average molecular weight is 635 g/mol. The normalized spacial score (nSPS) is 32.3. The molecule has 4 saturated carbocycles. The van der Waals surface area contributed by atoms with Crippen LogP contribution in [-0.4, -0.2) is 23.4 Å². The van der Waals surface area contributed by atoms with Crippen molar-refractivity contribution in [1.29, 1.82) is 0 Å². The second kappa shape index (κ2) is 10.6. The minimum absolute atomic E-state index is 0.0247. The van der Waals surface area contributed by atoms with Crippen LogP contribution in [0.5, 0.6) is 0 Å². The molecule has 0 spiro atoms. The number of hydrogen-bond donors (Lipinski definition) is 2. The number of hydrogen-bond acceptors (Lipinski definition) is 2. The third kappa shape index (κ3) is 3.94. The number of rotatable bonds is 9. The smallest absolute Gasteiger partial charge is 0.0490 e. The summed E-state index contributed by atoms with van der Waals surface area (Å²) in [6.07, 6.45) is 14.3. The summed E-state index contributed by atoms with van der Waals surface area (Å²) in [5.74, 6) is 2.79. The van der Waals surface area contributed by atoms with E-state index in [1.165, 1.54) is 95.9 Å². The highest BCUT2D eigenvalue weighted by Crippen LogP contribution is 2.68. The van der Waals surface area contributed by atoms with Crippen LogP contribution in [0.4, 0.5) is 0 Å². The molecule has 4 bridgehead atoms. The first kappa shape index (κ1) is 29.7. The third-order valence-corrected chi connectivity index (χ3v) is 15.5. The molecular formula is C46H50O2. The van der Waals surface area contributed by atoms with Crippen LogP contribution < -0.4 is 0 Å². The first-order valence-electron chi connectivity index (χ1n) is 19.1. The van der Waals surface area contributed by atoms with E-state index >= 15 is 0 Å². The van der Waals surface area contributed by atoms with Gasteiger partial charge >= 0.3 is 0 Å². The Balaban J connectivity index is 1.16. The summed E-state index contributed by atoms with van der Waals surface area (Å²) in [4.78, 5) is 0. The van der Waals surface area contributed by atoms with Crippen LogP contribution in [0.2, 0.25) is 0 Å². The summed E-state index contributed by atoms with van der Waals surface area (Å²) < 4.78 is 0. The summed E-state index contributed by atoms with van der Waals surface area (Å²) in [6, 6.07) is 37.1. The zero-order chi connectivity index (χ0) is 32.1. The molecule has 6 aliphatic rings. The fraction of sp³-hybridized carbons (Fsp3) is 0.478. The predicted molar refractivity (Wildman–Crippen MR) is 194 cm³/mol. The van der Waals surface area contributed by atoms with Crippen molar-refractivity contribution < 1.29 is 10.2 Å². The molecule has 10 rings (SSSR count). The zero-order valence-electron chi connectivity index (χ0n) is 28.3. The van der Waals surface area contributed by atoms with Crippen LogP contribution >= 0.6 is 0 Å². The maximum absolute atomic E-state index is 11.4. The summed E-state index contributed by atoms with van der Waals surface area (Å²) >= 11 is 0. The van der Waals surface area contributed by atoms with Crippen molar-refractivity contribution in [2.45, 2.75) is 87.9 Å². The topological polar surface area (TPSA) is 40.5 Å². The first-order chi connectivity index (χ1) is 23.5. The number of aliphatic hydroxyl groups is 2. The van der Waals surface area contributed by atoms with Crippen LogP contribution in [0, 0.1) is 34.5 Å². The van der Waals surface area contributed by atoms with E-state index in [0.717, 1.165) is 37.5 Å². The SMILES string of the molecule is OCC1(CC2(CCC3(CC4(CO)CC5CCC4C5)c4ccccc4-c4ccccc43)c3ccccc3-c3ccccc32)CC2CCC1C2. The molecule has 6 aliphatic carbocycles. The molecule has 0 aromatic heterocycles. The first-order valence-corrected chi connectivity index (χ1v) is 19.1. The summed E-state index contributed by atoms with van der Waals surface area (Å²) in [7, 11) is 0. The molecule has 0 amide bonds. The van der Waals surface area contributed by atoms with Gasteiger partial charge in [-0.15, -0.1) is 0 Å². The fourth-order valence-electron chi connectivity index (χ4n) is 13.6. The van der Waals surface area contributed by atoms with Gasteiger partial charge in [-0.05, 0) is 143 Å². The molecule has 0 radical (unpaired) electrons. The Morgan fingerprint density at radius 2 is 0.792 bits per heavy atom. The minimum atomic E-state index is -0.166. The van der Waals surface area contributed by atoms with Gasteiger partial charge in [0.05, 0.1) is 0 Å². The molecule has 0 aliphatic heterocycles. The van der Waals surface area contributed by atoms with E-state index in [1.54, 1.807) is 0 Å². The summed E-state index contributed by atoms with van der Waals surface area (Å²) in [6.45, 7) is 0.599. The Morgan fingerprint density at radius 3 is 1.06 bits per heavy atom. The third-order valence-electron chi connectivity index (χ3n) is 15.5. The molecule has 0 saturated heterocycles. The van der Waals surface area contributed by atoms with Crippen LogP contribution in [0.25, 0.3) is 22.3 Å². The Kier molecular flexibility index (Phi) is 6.59. The zero-order valence-corrected chi connectivity index (χ0v) is 28.3. The molecule has 2 nitrogen and oxygen atoms in total. The number of aliphatic hydroxyl groups excluding tert-OH is 2. The average Bonchev–Trinajstić information content (AvgIpc) is 4.00. The van der Waals surface area contributed by atoms with E-state index in [0.29, 0.717) is 25.0 Å². The van der Waals surface area contributed by atoms with Crippen molar-refractivity contribution in [2.24, 2.45) is 34.5 Å². The van der Waals surface area contributed by atoms with Crippen molar-refractivity contribution in [3.63, 3.8) is 0 Å². The lowest BCUT2D eigenvalue weighted by Crippen LogP contribution is -2.44. The van der Waals surface area contributed by atoms with Gasteiger partial charge < -0.3 is 10.2 Å². The van der Waals surface area contributed by atoms with Crippen LogP contribution in [-0.2, 0) is 10.8 Å². The van der Waals surface area contributed by atoms with Crippen LogP contribution in [0.1, 0.15) is 99.3 Å². The Bertz CT molecular complexity index is 1660. The summed E-state index contributed by atoms with van der Waals surface area (Å²) in [5.41, 5.74) is 11.1. The Labute approximate surface area is 286 Å². The summed E-state index contributed by atoms with van der Waals surface area (Å²) in [5, 5.41) is 22.8. The van der Waals surface area contributed by atoms with E-state index in [4.69, 9.17) is 0 Å². The molecule has 246 valence electrons. The van der Waals surface area contributed by atoms with Gasteiger partial charge in [0, 0.05) is 24.0 Å². The number of benzene rings is 4. The molecule has 2 heteroatoms. The lowest BCUT2D eigenvalue weighted by molar-refractivity contribution is 0.0276. The van der Waals surface area contributed by atoms with Crippen molar-refractivity contribution in [3.05, 3.63) is 119 Å². The van der Waals surface area contributed by atoms with Gasteiger partial charge in [-0.3, -0.25) is 0 Å². The highest BCUT2D eigenvalue weighted by atomic mass is 16.3. The van der Waals surface area contributed by atoms with E-state index in [9.17, 15) is 10.2 Å². The minimum Gasteiger partial charge on any atom is -0.396 e. The fourth-order valence-corrected chi connectivity index (χ4v) is 13.6. The van der Waals surface area contributed by atoms with E-state index in [-0.39, 0.29) is 21.7 Å². The second-order valence-corrected chi connectivity index (χ2v) is 17.4. The quantitative estimate of drug-likeness (QED) is 0.192. The number of fused-ring (bicyclic) bond motifs is 10. The monoisotopic (exact) mass is 634 g/mol. The van der Waals surface area contributed by atoms with Gasteiger partial charge in [0.15, 0.2) is 0 Å². The molecule has 0 heterocycles. The predicted octanol–water partition coefficient (Wildman–Crippen LogP) is 10.1. The largest absolute Gasteiger partial charge is 0.396 e. The molecule has 6 atom stereocenters. The van der Waals surface area contributed by atoms with Crippen LogP contribution in [0.15, 0.2) is 97.1 Å². The highest BCUT2D eigenvalue weighted by Gasteiger charge is 2.59. The highest BCUT2D eigenvalue weighted by molar-refractivity contribution is 5.83. The van der Waals surface area contributed by atoms with Gasteiger partial charge in [0.25, 0.3) is 0 Å². The molecule has 4 fully saturated rings. The standard InChI is InChI=1S/C46H50O2/c47-29-43(25-31-17-19-33(43)23-31)27-45(39-13-5-1-9-35(39)36-10-2-6-14-40(36)45)21-22-46(28-44(30-48)26-32-18-20-34(44)24-32)41-15-7-3-11-37(41)38-12-4-8-16-42(38)46/h1-16,31-34,47-48H,17-30H2. The van der Waals surface area contributed by atoms with Gasteiger partial charge in [-0.25, -0.2) is 0 Å². The lowest BCUT2D eigenvalue weighted by atomic mass is 9.55.